The van der Waals surface area contributed by atoms with E-state index in [-0.39, 0.29) is 0 Å². The Bertz CT molecular complexity index is 3900. The van der Waals surface area contributed by atoms with E-state index >= 15 is 0 Å². The van der Waals surface area contributed by atoms with Crippen LogP contribution < -0.4 is 4.90 Å². The second-order valence-corrected chi connectivity index (χ2v) is 16.6. The maximum absolute atomic E-state index is 6.75. The highest BCUT2D eigenvalue weighted by Gasteiger charge is 2.24. The molecule has 13 aromatic rings. The van der Waals surface area contributed by atoms with Gasteiger partial charge in [0.2, 0.25) is 0 Å². The van der Waals surface area contributed by atoms with Crippen molar-refractivity contribution in [3.8, 4) is 34.2 Å². The summed E-state index contributed by atoms with van der Waals surface area (Å²) < 4.78 is 15.4. The average molecular weight is 813 g/mol. The van der Waals surface area contributed by atoms with Gasteiger partial charge in [-0.1, -0.05) is 121 Å². The van der Waals surface area contributed by atoms with Gasteiger partial charge < -0.3 is 13.7 Å². The lowest BCUT2D eigenvalue weighted by Gasteiger charge is -2.26. The van der Waals surface area contributed by atoms with Crippen LogP contribution >= 0.6 is 11.3 Å². The number of furan rings is 2. The minimum Gasteiger partial charge on any atom is -0.456 e. The van der Waals surface area contributed by atoms with Gasteiger partial charge in [-0.25, -0.2) is 15.0 Å². The SMILES string of the molecule is c1ccc(N(c2cc(-c3nc(-c4ccc5ccccc5c4)nc(-c4cccc5sc6ccccc6c45)n3)c3c(c2)oc2ccccc23)c2ccc3oc4ccccc4c3c2)cc1. The lowest BCUT2D eigenvalue weighted by atomic mass is 10.0. The number of anilines is 3. The lowest BCUT2D eigenvalue weighted by Crippen LogP contribution is -2.10. The first-order valence-corrected chi connectivity index (χ1v) is 21.4. The van der Waals surface area contributed by atoms with Crippen LogP contribution in [0.1, 0.15) is 0 Å². The molecule has 6 nitrogen and oxygen atoms in total. The molecule has 0 spiro atoms. The Morgan fingerprint density at radius 1 is 0.355 bits per heavy atom. The van der Waals surface area contributed by atoms with Crippen molar-refractivity contribution in [2.45, 2.75) is 0 Å². The highest BCUT2D eigenvalue weighted by Crippen LogP contribution is 2.45. The molecule has 9 aromatic carbocycles. The van der Waals surface area contributed by atoms with Gasteiger partial charge in [0.1, 0.15) is 22.3 Å². The second-order valence-electron chi connectivity index (χ2n) is 15.6. The number of fused-ring (bicyclic) bond motifs is 10. The van der Waals surface area contributed by atoms with Crippen LogP contribution in [-0.2, 0) is 0 Å². The molecule has 0 saturated heterocycles. The van der Waals surface area contributed by atoms with Crippen molar-refractivity contribution < 1.29 is 8.83 Å². The third-order valence-corrected chi connectivity index (χ3v) is 13.0. The molecule has 0 atom stereocenters. The molecule has 4 aromatic heterocycles. The zero-order valence-corrected chi connectivity index (χ0v) is 33.8. The predicted molar refractivity (Wildman–Crippen MR) is 256 cm³/mol. The van der Waals surface area contributed by atoms with Crippen molar-refractivity contribution in [2.75, 3.05) is 4.90 Å². The lowest BCUT2D eigenvalue weighted by molar-refractivity contribution is 0.668. The van der Waals surface area contributed by atoms with Crippen molar-refractivity contribution in [1.82, 2.24) is 15.0 Å². The number of hydrogen-bond acceptors (Lipinski definition) is 7. The van der Waals surface area contributed by atoms with Crippen LogP contribution in [0.2, 0.25) is 0 Å². The quantitative estimate of drug-likeness (QED) is 0.167. The molecule has 7 heteroatoms. The molecular formula is C55H32N4O2S. The summed E-state index contributed by atoms with van der Waals surface area (Å²) in [6.07, 6.45) is 0. The summed E-state index contributed by atoms with van der Waals surface area (Å²) in [4.78, 5) is 18.4. The highest BCUT2D eigenvalue weighted by atomic mass is 32.1. The Morgan fingerprint density at radius 3 is 1.89 bits per heavy atom. The van der Waals surface area contributed by atoms with Crippen molar-refractivity contribution in [3.63, 3.8) is 0 Å². The standard InChI is InChI=1S/C55H32N4O2S/c1-2-15-36(16-3-1)59(37-27-28-47-43(30-37)39-17-6-9-21-45(39)60-47)38-31-44(51-40-18-7-10-22-46(40)61-48(51)32-38)55-57-53(35-26-25-33-13-4-5-14-34(33)29-35)56-54(58-55)42-20-12-24-50-52(42)41-19-8-11-23-49(41)62-50/h1-32H. The van der Waals surface area contributed by atoms with Crippen molar-refractivity contribution in [1.29, 1.82) is 0 Å². The van der Waals surface area contributed by atoms with Gasteiger partial charge in [-0.2, -0.15) is 0 Å². The van der Waals surface area contributed by atoms with Crippen molar-refractivity contribution >= 4 is 103 Å². The molecule has 0 amide bonds. The van der Waals surface area contributed by atoms with E-state index in [1.54, 1.807) is 11.3 Å². The van der Waals surface area contributed by atoms with E-state index in [1.807, 2.05) is 30.3 Å². The van der Waals surface area contributed by atoms with Crippen LogP contribution in [0.3, 0.4) is 0 Å². The number of aromatic nitrogens is 3. The van der Waals surface area contributed by atoms with Crippen molar-refractivity contribution in [3.05, 3.63) is 194 Å². The maximum atomic E-state index is 6.75. The molecule has 0 N–H and O–H groups in total. The number of para-hydroxylation sites is 3. The number of hydrogen-bond donors (Lipinski definition) is 0. The molecule has 13 rings (SSSR count). The minimum atomic E-state index is 0.553. The summed E-state index contributed by atoms with van der Waals surface area (Å²) in [5.74, 6) is 1.75. The van der Waals surface area contributed by atoms with Crippen molar-refractivity contribution in [2.24, 2.45) is 0 Å². The zero-order chi connectivity index (χ0) is 40.7. The van der Waals surface area contributed by atoms with E-state index in [9.17, 15) is 0 Å². The summed E-state index contributed by atoms with van der Waals surface area (Å²) in [6.45, 7) is 0. The van der Waals surface area contributed by atoms with Crippen LogP contribution in [0, 0.1) is 0 Å². The Labute approximate surface area is 358 Å². The van der Waals surface area contributed by atoms with E-state index in [4.69, 9.17) is 23.8 Å². The van der Waals surface area contributed by atoms with E-state index < -0.39 is 0 Å². The van der Waals surface area contributed by atoms with E-state index in [2.05, 4.69) is 169 Å². The summed E-state index contributed by atoms with van der Waals surface area (Å²) in [5, 5.41) is 8.63. The van der Waals surface area contributed by atoms with Gasteiger partial charge in [-0.3, -0.25) is 0 Å². The third-order valence-electron chi connectivity index (χ3n) is 11.9. The molecule has 4 heterocycles. The maximum Gasteiger partial charge on any atom is 0.164 e. The Balaban J connectivity index is 1.10. The van der Waals surface area contributed by atoms with Gasteiger partial charge in [-0.05, 0) is 77.5 Å². The van der Waals surface area contributed by atoms with E-state index in [1.165, 1.54) is 14.8 Å². The average Bonchev–Trinajstić information content (AvgIpc) is 4.03. The van der Waals surface area contributed by atoms with Gasteiger partial charge >= 0.3 is 0 Å². The topological polar surface area (TPSA) is 68.2 Å². The van der Waals surface area contributed by atoms with Gasteiger partial charge in [-0.15, -0.1) is 11.3 Å². The highest BCUT2D eigenvalue weighted by molar-refractivity contribution is 7.25. The minimum absolute atomic E-state index is 0.553. The number of thiophene rings is 1. The molecule has 0 fully saturated rings. The molecule has 0 saturated carbocycles. The Kier molecular flexibility index (Phi) is 7.67. The smallest absolute Gasteiger partial charge is 0.164 e. The van der Waals surface area contributed by atoms with Crippen LogP contribution in [0.25, 0.3) is 109 Å². The largest absolute Gasteiger partial charge is 0.456 e. The van der Waals surface area contributed by atoms with E-state index in [0.29, 0.717) is 17.5 Å². The molecule has 0 aliphatic carbocycles. The number of nitrogens with zero attached hydrogens (tertiary/aromatic N) is 4. The molecule has 290 valence electrons. The van der Waals surface area contributed by atoms with E-state index in [0.717, 1.165) is 93.8 Å². The zero-order valence-electron chi connectivity index (χ0n) is 33.0. The van der Waals surface area contributed by atoms with Gasteiger partial charge in [0.05, 0.1) is 5.69 Å². The third kappa shape index (κ3) is 5.52. The molecule has 0 aliphatic heterocycles. The first kappa shape index (κ1) is 34.7. The van der Waals surface area contributed by atoms with Gasteiger partial charge in [0.15, 0.2) is 17.5 Å². The summed E-state index contributed by atoms with van der Waals surface area (Å²) >= 11 is 1.79. The Hall–Kier alpha value is -8.13. The summed E-state index contributed by atoms with van der Waals surface area (Å²) in [5.41, 5.74) is 8.78. The first-order chi connectivity index (χ1) is 30.7. The van der Waals surface area contributed by atoms with Crippen LogP contribution in [-0.4, -0.2) is 15.0 Å². The van der Waals surface area contributed by atoms with Gasteiger partial charge in [0.25, 0.3) is 0 Å². The van der Waals surface area contributed by atoms with Crippen LogP contribution in [0.15, 0.2) is 203 Å². The number of benzene rings is 9. The fourth-order valence-electron chi connectivity index (χ4n) is 9.06. The second kappa shape index (κ2) is 13.7. The first-order valence-electron chi connectivity index (χ1n) is 20.6. The molecule has 0 unspecified atom stereocenters. The molecule has 0 radical (unpaired) electrons. The summed E-state index contributed by atoms with van der Waals surface area (Å²) in [6, 6.07) is 67.3. The molecular weight excluding hydrogens is 781 g/mol. The van der Waals surface area contributed by atoms with Crippen LogP contribution in [0.4, 0.5) is 17.1 Å². The molecule has 0 aliphatic rings. The predicted octanol–water partition coefficient (Wildman–Crippen LogP) is 15.7. The van der Waals surface area contributed by atoms with Crippen LogP contribution in [0.5, 0.6) is 0 Å². The normalized spacial score (nSPS) is 11.9. The monoisotopic (exact) mass is 812 g/mol. The summed E-state index contributed by atoms with van der Waals surface area (Å²) in [7, 11) is 0. The fraction of sp³-hybridized carbons (Fsp3) is 0. The van der Waals surface area contributed by atoms with Gasteiger partial charge in [0, 0.05) is 75.8 Å². The fourth-order valence-corrected chi connectivity index (χ4v) is 10.2. The molecule has 0 bridgehead atoms. The Morgan fingerprint density at radius 2 is 1.02 bits per heavy atom. The number of rotatable bonds is 6. The molecule has 62 heavy (non-hydrogen) atoms.